The first-order valence-corrected chi connectivity index (χ1v) is 11.6. The molecule has 0 saturated carbocycles. The van der Waals surface area contributed by atoms with Crippen LogP contribution >= 0.6 is 0 Å². The van der Waals surface area contributed by atoms with Gasteiger partial charge in [0, 0.05) is 13.1 Å². The van der Waals surface area contributed by atoms with Crippen LogP contribution in [0.25, 0.3) is 0 Å². The van der Waals surface area contributed by atoms with E-state index in [2.05, 4.69) is 4.72 Å². The van der Waals surface area contributed by atoms with Crippen LogP contribution in [0.4, 0.5) is 0 Å². The molecule has 0 bridgehead atoms. The summed E-state index contributed by atoms with van der Waals surface area (Å²) in [6.45, 7) is 3.73. The lowest BCUT2D eigenvalue weighted by Crippen LogP contribution is -2.50. The molecule has 2 aromatic carbocycles. The van der Waals surface area contributed by atoms with E-state index < -0.39 is 16.1 Å². The fourth-order valence-electron chi connectivity index (χ4n) is 3.50. The molecule has 156 valence electrons. The number of nitrogens with zero attached hydrogens (tertiary/aromatic N) is 1. The van der Waals surface area contributed by atoms with Gasteiger partial charge in [-0.2, -0.15) is 4.72 Å². The number of hydrogen-bond donors (Lipinski definition) is 1. The molecule has 0 radical (unpaired) electrons. The van der Waals surface area contributed by atoms with E-state index in [0.29, 0.717) is 31.9 Å². The van der Waals surface area contributed by atoms with Crippen molar-refractivity contribution in [3.63, 3.8) is 0 Å². The first-order valence-electron chi connectivity index (χ1n) is 10.1. The molecule has 1 amide bonds. The lowest BCUT2D eigenvalue weighted by molar-refractivity contribution is -0.133. The highest BCUT2D eigenvalue weighted by atomic mass is 32.2. The minimum absolute atomic E-state index is 0.116. The van der Waals surface area contributed by atoms with E-state index in [9.17, 15) is 13.2 Å². The molecule has 0 spiro atoms. The summed E-state index contributed by atoms with van der Waals surface area (Å²) in [5.41, 5.74) is 0.914. The van der Waals surface area contributed by atoms with Crippen LogP contribution in [0.15, 0.2) is 59.5 Å². The second-order valence-corrected chi connectivity index (χ2v) is 8.87. The van der Waals surface area contributed by atoms with Crippen LogP contribution in [0.3, 0.4) is 0 Å². The molecule has 1 aliphatic heterocycles. The molecule has 3 rings (SSSR count). The van der Waals surface area contributed by atoms with E-state index in [1.807, 2.05) is 37.3 Å². The first-order chi connectivity index (χ1) is 14.0. The highest BCUT2D eigenvalue weighted by Crippen LogP contribution is 2.18. The summed E-state index contributed by atoms with van der Waals surface area (Å²) in [5, 5.41) is 0. The summed E-state index contributed by atoms with van der Waals surface area (Å²) >= 11 is 0. The number of amides is 1. The first kappa shape index (κ1) is 21.3. The molecular weight excluding hydrogens is 388 g/mol. The lowest BCUT2D eigenvalue weighted by Gasteiger charge is -2.30. The van der Waals surface area contributed by atoms with E-state index in [1.54, 1.807) is 17.0 Å². The predicted octanol–water partition coefficient (Wildman–Crippen LogP) is 2.99. The van der Waals surface area contributed by atoms with Crippen LogP contribution in [0, 0.1) is 0 Å². The number of benzene rings is 2. The molecule has 2 aromatic rings. The van der Waals surface area contributed by atoms with Gasteiger partial charge >= 0.3 is 0 Å². The van der Waals surface area contributed by atoms with Crippen molar-refractivity contribution in [2.75, 3.05) is 19.7 Å². The van der Waals surface area contributed by atoms with E-state index in [-0.39, 0.29) is 10.8 Å². The Balaban J connectivity index is 1.81. The summed E-state index contributed by atoms with van der Waals surface area (Å²) in [4.78, 5) is 15.0. The van der Waals surface area contributed by atoms with Gasteiger partial charge in [-0.05, 0) is 62.4 Å². The minimum Gasteiger partial charge on any atom is -0.494 e. The third kappa shape index (κ3) is 5.81. The van der Waals surface area contributed by atoms with E-state index in [0.717, 1.165) is 24.8 Å². The average Bonchev–Trinajstić information content (AvgIpc) is 2.75. The summed E-state index contributed by atoms with van der Waals surface area (Å²) in [7, 11) is -3.85. The monoisotopic (exact) mass is 416 g/mol. The van der Waals surface area contributed by atoms with Crippen molar-refractivity contribution in [3.05, 3.63) is 60.2 Å². The molecule has 6 nitrogen and oxygen atoms in total. The van der Waals surface area contributed by atoms with Crippen molar-refractivity contribution in [2.45, 2.75) is 43.5 Å². The number of rotatable bonds is 8. The number of carbonyl (C=O) groups is 1. The third-order valence-electron chi connectivity index (χ3n) is 4.99. The lowest BCUT2D eigenvalue weighted by atomic mass is 10.0. The number of sulfonamides is 1. The fourth-order valence-corrected chi connectivity index (χ4v) is 4.69. The van der Waals surface area contributed by atoms with Gasteiger partial charge in [-0.3, -0.25) is 4.79 Å². The molecule has 0 aliphatic carbocycles. The van der Waals surface area contributed by atoms with Crippen molar-refractivity contribution in [1.82, 2.24) is 9.62 Å². The van der Waals surface area contributed by atoms with Crippen LogP contribution < -0.4 is 9.46 Å². The Morgan fingerprint density at radius 1 is 1.03 bits per heavy atom. The Hall–Kier alpha value is -2.38. The molecule has 1 aliphatic rings. The standard InChI is InChI=1S/C22H28N2O4S/c1-2-28-19-11-13-20(14-12-19)29(26,27)23-21(17-18-9-5-3-6-10-18)22(25)24-15-7-4-8-16-24/h3,5-6,9-14,21,23H,2,4,7-8,15-17H2,1H3. The molecule has 0 aromatic heterocycles. The maximum absolute atomic E-state index is 13.1. The number of likely N-dealkylation sites (tertiary alicyclic amines) is 1. The fraction of sp³-hybridized carbons (Fsp3) is 0.409. The Labute approximate surface area is 172 Å². The number of carbonyl (C=O) groups excluding carboxylic acids is 1. The molecule has 1 fully saturated rings. The SMILES string of the molecule is CCOc1ccc(S(=O)(=O)NC(Cc2ccccc2)C(=O)N2CCCCC2)cc1. The van der Waals surface area contributed by atoms with Crippen LogP contribution in [0.2, 0.25) is 0 Å². The smallest absolute Gasteiger partial charge is 0.241 e. The molecule has 29 heavy (non-hydrogen) atoms. The molecular formula is C22H28N2O4S. The number of ether oxygens (including phenoxy) is 1. The quantitative estimate of drug-likeness (QED) is 0.718. The topological polar surface area (TPSA) is 75.7 Å². The number of piperidine rings is 1. The molecule has 1 saturated heterocycles. The molecule has 1 atom stereocenters. The maximum atomic E-state index is 13.1. The normalized spacial score (nSPS) is 15.7. The zero-order valence-electron chi connectivity index (χ0n) is 16.7. The Morgan fingerprint density at radius 3 is 2.31 bits per heavy atom. The maximum Gasteiger partial charge on any atom is 0.241 e. The second kappa shape index (κ2) is 9.89. The molecule has 1 unspecified atom stereocenters. The van der Waals surface area contributed by atoms with Crippen LogP contribution in [-0.4, -0.2) is 45.0 Å². The van der Waals surface area contributed by atoms with Crippen molar-refractivity contribution in [2.24, 2.45) is 0 Å². The Bertz CT molecular complexity index is 892. The second-order valence-electron chi connectivity index (χ2n) is 7.15. The Morgan fingerprint density at radius 2 is 1.69 bits per heavy atom. The van der Waals surface area contributed by atoms with Crippen LogP contribution in [0.1, 0.15) is 31.7 Å². The summed E-state index contributed by atoms with van der Waals surface area (Å²) < 4.78 is 34.0. The van der Waals surface area contributed by atoms with Gasteiger partial charge in [-0.1, -0.05) is 30.3 Å². The van der Waals surface area contributed by atoms with Gasteiger partial charge in [0.05, 0.1) is 11.5 Å². The van der Waals surface area contributed by atoms with E-state index >= 15 is 0 Å². The Kier molecular flexibility index (Phi) is 7.28. The minimum atomic E-state index is -3.85. The number of hydrogen-bond acceptors (Lipinski definition) is 4. The zero-order valence-corrected chi connectivity index (χ0v) is 17.5. The van der Waals surface area contributed by atoms with Gasteiger partial charge in [-0.15, -0.1) is 0 Å². The van der Waals surface area contributed by atoms with Crippen molar-refractivity contribution < 1.29 is 17.9 Å². The zero-order chi connectivity index (χ0) is 20.7. The molecule has 7 heteroatoms. The van der Waals surface area contributed by atoms with Crippen LogP contribution in [-0.2, 0) is 21.2 Å². The largest absolute Gasteiger partial charge is 0.494 e. The summed E-state index contributed by atoms with van der Waals surface area (Å²) in [6, 6.07) is 14.9. The van der Waals surface area contributed by atoms with Crippen molar-refractivity contribution in [3.8, 4) is 5.75 Å². The summed E-state index contributed by atoms with van der Waals surface area (Å²) in [5.74, 6) is 0.444. The van der Waals surface area contributed by atoms with Crippen molar-refractivity contribution in [1.29, 1.82) is 0 Å². The molecule has 1 heterocycles. The highest BCUT2D eigenvalue weighted by Gasteiger charge is 2.30. The predicted molar refractivity (Wildman–Crippen MR) is 112 cm³/mol. The van der Waals surface area contributed by atoms with E-state index in [1.165, 1.54) is 12.1 Å². The third-order valence-corrected chi connectivity index (χ3v) is 6.48. The molecule has 1 N–H and O–H groups in total. The van der Waals surface area contributed by atoms with Crippen molar-refractivity contribution >= 4 is 15.9 Å². The average molecular weight is 417 g/mol. The number of nitrogens with one attached hydrogen (secondary N) is 1. The van der Waals surface area contributed by atoms with Gasteiger partial charge in [0.2, 0.25) is 15.9 Å². The van der Waals surface area contributed by atoms with Gasteiger partial charge in [0.25, 0.3) is 0 Å². The summed E-state index contributed by atoms with van der Waals surface area (Å²) in [6.07, 6.45) is 3.32. The van der Waals surface area contributed by atoms with Crippen LogP contribution in [0.5, 0.6) is 5.75 Å². The van der Waals surface area contributed by atoms with Gasteiger partial charge in [0.15, 0.2) is 0 Å². The highest BCUT2D eigenvalue weighted by molar-refractivity contribution is 7.89. The van der Waals surface area contributed by atoms with E-state index in [4.69, 9.17) is 4.74 Å². The van der Waals surface area contributed by atoms with Gasteiger partial charge in [0.1, 0.15) is 11.8 Å². The van der Waals surface area contributed by atoms with Gasteiger partial charge in [-0.25, -0.2) is 8.42 Å². The van der Waals surface area contributed by atoms with Gasteiger partial charge < -0.3 is 9.64 Å².